The van der Waals surface area contributed by atoms with Crippen molar-refractivity contribution >= 4 is 45.0 Å². The molecule has 5 aliphatic rings. The molecule has 1 N–H and O–H groups in total. The summed E-state index contributed by atoms with van der Waals surface area (Å²) in [4.78, 5) is 65.3. The van der Waals surface area contributed by atoms with Gasteiger partial charge in [-0.25, -0.2) is 0 Å². The van der Waals surface area contributed by atoms with Crippen molar-refractivity contribution < 1.29 is 28.7 Å². The van der Waals surface area contributed by atoms with Crippen molar-refractivity contribution in [3.8, 4) is 0 Å². The number of esters is 1. The molecule has 0 saturated heterocycles. The van der Waals surface area contributed by atoms with E-state index in [0.717, 1.165) is 11.1 Å². The second-order valence-electron chi connectivity index (χ2n) is 9.82. The molecule has 1 aromatic carbocycles. The summed E-state index contributed by atoms with van der Waals surface area (Å²) >= 11 is 3.28. The van der Waals surface area contributed by atoms with Gasteiger partial charge in [0.2, 0.25) is 5.78 Å². The molecule has 2 bridgehead atoms. The topological polar surface area (TPSA) is 107 Å². The molecule has 0 saturated carbocycles. The largest absolute Gasteiger partial charge is 0.460 e. The van der Waals surface area contributed by atoms with Gasteiger partial charge in [0, 0.05) is 40.7 Å². The van der Waals surface area contributed by atoms with Gasteiger partial charge in [0.1, 0.15) is 11.3 Å². The van der Waals surface area contributed by atoms with Gasteiger partial charge in [0.05, 0.1) is 10.9 Å². The zero-order valence-corrected chi connectivity index (χ0v) is 20.9. The molecule has 0 spiro atoms. The molecule has 0 heterocycles. The molecule has 2 unspecified atom stereocenters. The van der Waals surface area contributed by atoms with E-state index >= 15 is 0 Å². The van der Waals surface area contributed by atoms with Crippen LogP contribution in [-0.4, -0.2) is 41.2 Å². The second-order valence-corrected chi connectivity index (χ2v) is 10.6. The zero-order chi connectivity index (χ0) is 25.2. The van der Waals surface area contributed by atoms with Gasteiger partial charge in [-0.3, -0.25) is 24.0 Å². The van der Waals surface area contributed by atoms with Crippen LogP contribution in [0.25, 0.3) is 0 Å². The Balaban J connectivity index is 1.52. The third-order valence-electron chi connectivity index (χ3n) is 6.46. The van der Waals surface area contributed by atoms with Crippen LogP contribution < -0.4 is 5.32 Å². The average Bonchev–Trinajstić information content (AvgIpc) is 2.80. The molecule has 2 atom stereocenters. The lowest BCUT2D eigenvalue weighted by atomic mass is 9.56. The number of hydrogen-bond acceptors (Lipinski definition) is 7. The van der Waals surface area contributed by atoms with Crippen LogP contribution in [0.2, 0.25) is 0 Å². The molecule has 0 radical (unpaired) electrons. The first-order valence-corrected chi connectivity index (χ1v) is 12.1. The Kier molecular flexibility index (Phi) is 5.40. The number of benzene rings is 1. The van der Waals surface area contributed by atoms with Crippen LogP contribution in [0.3, 0.4) is 0 Å². The summed E-state index contributed by atoms with van der Waals surface area (Å²) in [6, 6.07) is 7.29. The van der Waals surface area contributed by atoms with E-state index < -0.39 is 35.0 Å². The van der Waals surface area contributed by atoms with E-state index in [1.807, 2.05) is 24.3 Å². The van der Waals surface area contributed by atoms with Crippen molar-refractivity contribution in [3.05, 3.63) is 80.0 Å². The lowest BCUT2D eigenvalue weighted by molar-refractivity contribution is -0.154. The maximum Gasteiger partial charge on any atom is 0.308 e. The number of carbonyl (C=O) groups is 5. The van der Waals surface area contributed by atoms with Gasteiger partial charge in [-0.1, -0.05) is 24.3 Å². The van der Waals surface area contributed by atoms with Gasteiger partial charge in [-0.2, -0.15) is 0 Å². The number of rotatable bonds is 4. The molecule has 0 fully saturated rings. The Morgan fingerprint density at radius 1 is 0.886 bits per heavy atom. The monoisotopic (exact) mass is 535 g/mol. The summed E-state index contributed by atoms with van der Waals surface area (Å²) in [5.74, 6) is -3.51. The number of nitrogens with one attached hydrogen (secondary N) is 1. The van der Waals surface area contributed by atoms with E-state index in [1.54, 1.807) is 20.8 Å². The molecule has 0 aromatic heterocycles. The van der Waals surface area contributed by atoms with Crippen molar-refractivity contribution in [1.29, 1.82) is 0 Å². The molecule has 178 valence electrons. The van der Waals surface area contributed by atoms with Crippen molar-refractivity contribution in [2.75, 3.05) is 6.54 Å². The van der Waals surface area contributed by atoms with Crippen molar-refractivity contribution in [3.63, 3.8) is 0 Å². The van der Waals surface area contributed by atoms with Crippen LogP contribution >= 0.6 is 15.9 Å². The number of halogens is 1. The zero-order valence-electron chi connectivity index (χ0n) is 19.4. The van der Waals surface area contributed by atoms with E-state index in [4.69, 9.17) is 4.74 Å². The standard InChI is InChI=1S/C27H22BrNO6/c1-27(2,3)35-16(32)10-11-29-24-23(28)25(33)21-17-12-6-4-5-7-13(12)18(22(21)26(24)34)20-15(31)9-8-14(30)19(17)20/h4-9,17-18,29H,10-11H2,1-3H3. The van der Waals surface area contributed by atoms with Gasteiger partial charge in [-0.15, -0.1) is 0 Å². The number of hydrogen-bond donors (Lipinski definition) is 1. The van der Waals surface area contributed by atoms with E-state index in [9.17, 15) is 24.0 Å². The fourth-order valence-electron chi connectivity index (χ4n) is 5.26. The Morgan fingerprint density at radius 2 is 1.40 bits per heavy atom. The number of Topliss-reactive ketones (excluding diaryl/α,β-unsaturated/α-hetero) is 2. The highest BCUT2D eigenvalue weighted by molar-refractivity contribution is 9.12. The second kappa shape index (κ2) is 8.09. The lowest BCUT2D eigenvalue weighted by Gasteiger charge is -2.44. The van der Waals surface area contributed by atoms with Crippen LogP contribution in [-0.2, 0) is 28.7 Å². The van der Waals surface area contributed by atoms with Crippen molar-refractivity contribution in [1.82, 2.24) is 5.32 Å². The third-order valence-corrected chi connectivity index (χ3v) is 7.21. The van der Waals surface area contributed by atoms with Gasteiger partial charge in [0.15, 0.2) is 17.3 Å². The van der Waals surface area contributed by atoms with Gasteiger partial charge < -0.3 is 10.1 Å². The van der Waals surface area contributed by atoms with E-state index in [-0.39, 0.29) is 57.0 Å². The van der Waals surface area contributed by atoms with Gasteiger partial charge in [-0.05, 0) is 60.0 Å². The summed E-state index contributed by atoms with van der Waals surface area (Å²) in [7, 11) is 0. The molecule has 7 nitrogen and oxygen atoms in total. The van der Waals surface area contributed by atoms with Gasteiger partial charge in [0.25, 0.3) is 0 Å². The fraction of sp³-hybridized carbons (Fsp3) is 0.296. The van der Waals surface area contributed by atoms with E-state index in [0.29, 0.717) is 0 Å². The first kappa shape index (κ1) is 23.4. The fourth-order valence-corrected chi connectivity index (χ4v) is 5.80. The summed E-state index contributed by atoms with van der Waals surface area (Å²) in [6.45, 7) is 5.38. The minimum absolute atomic E-state index is 0.00358. The number of ether oxygens (including phenoxy) is 1. The Hall–Kier alpha value is -3.39. The summed E-state index contributed by atoms with van der Waals surface area (Å²) in [6.07, 6.45) is 2.45. The Labute approximate surface area is 210 Å². The molecule has 6 rings (SSSR count). The number of allylic oxidation sites excluding steroid dienone is 7. The van der Waals surface area contributed by atoms with Crippen LogP contribution in [0.5, 0.6) is 0 Å². The molecular formula is C27H22BrNO6. The van der Waals surface area contributed by atoms with Crippen LogP contribution in [0, 0.1) is 0 Å². The summed E-state index contributed by atoms with van der Waals surface area (Å²) in [5, 5.41) is 2.92. The quantitative estimate of drug-likeness (QED) is 0.465. The molecule has 35 heavy (non-hydrogen) atoms. The van der Waals surface area contributed by atoms with Crippen LogP contribution in [0.15, 0.2) is 68.9 Å². The lowest BCUT2D eigenvalue weighted by Crippen LogP contribution is -2.43. The first-order valence-electron chi connectivity index (χ1n) is 11.3. The normalized spacial score (nSPS) is 23.0. The highest BCUT2D eigenvalue weighted by Gasteiger charge is 2.54. The molecule has 0 aliphatic heterocycles. The van der Waals surface area contributed by atoms with Crippen molar-refractivity contribution in [2.24, 2.45) is 0 Å². The highest BCUT2D eigenvalue weighted by Crippen LogP contribution is 2.58. The Morgan fingerprint density at radius 3 is 1.91 bits per heavy atom. The minimum Gasteiger partial charge on any atom is -0.460 e. The highest BCUT2D eigenvalue weighted by atomic mass is 79.9. The molecule has 5 aliphatic carbocycles. The Bertz CT molecular complexity index is 1380. The summed E-state index contributed by atoms with van der Waals surface area (Å²) in [5.41, 5.74) is 1.92. The first-order chi connectivity index (χ1) is 16.5. The predicted octanol–water partition coefficient (Wildman–Crippen LogP) is 3.26. The predicted molar refractivity (Wildman–Crippen MR) is 130 cm³/mol. The SMILES string of the molecule is CC(C)(C)OC(=O)CCNC1=C(Br)C(=O)C2=C(C1=O)C1C3=C(C(=O)C=CC3=O)C2c2ccccc21. The number of ketones is 4. The molecule has 8 heteroatoms. The van der Waals surface area contributed by atoms with Crippen LogP contribution in [0.1, 0.15) is 50.2 Å². The maximum absolute atomic E-state index is 13.8. The molecule has 0 amide bonds. The van der Waals surface area contributed by atoms with Crippen LogP contribution in [0.4, 0.5) is 0 Å². The van der Waals surface area contributed by atoms with Crippen molar-refractivity contribution in [2.45, 2.75) is 44.6 Å². The average molecular weight is 536 g/mol. The van der Waals surface area contributed by atoms with E-state index in [1.165, 1.54) is 12.2 Å². The summed E-state index contributed by atoms with van der Waals surface area (Å²) < 4.78 is 5.34. The number of carbonyl (C=O) groups excluding carboxylic acids is 5. The maximum atomic E-state index is 13.8. The minimum atomic E-state index is -0.803. The smallest absolute Gasteiger partial charge is 0.308 e. The third kappa shape index (κ3) is 3.58. The van der Waals surface area contributed by atoms with E-state index in [2.05, 4.69) is 21.2 Å². The molecule has 1 aromatic rings. The molecular weight excluding hydrogens is 514 g/mol. The van der Waals surface area contributed by atoms with Gasteiger partial charge >= 0.3 is 5.97 Å².